The van der Waals surface area contributed by atoms with Crippen molar-refractivity contribution in [1.82, 2.24) is 4.90 Å². The van der Waals surface area contributed by atoms with Gasteiger partial charge in [-0.05, 0) is 43.5 Å². The molecule has 2 saturated heterocycles. The summed E-state index contributed by atoms with van der Waals surface area (Å²) < 4.78 is 5.57. The second kappa shape index (κ2) is 9.79. The number of carbonyl (C=O) groups is 1. The van der Waals surface area contributed by atoms with Gasteiger partial charge in [-0.25, -0.2) is 0 Å². The monoisotopic (exact) mass is 411 g/mol. The molecular weight excluding hydrogens is 382 g/mol. The number of rotatable bonds is 5. The van der Waals surface area contributed by atoms with Gasteiger partial charge >= 0.3 is 5.97 Å². The Morgan fingerprint density at radius 1 is 1.00 bits per heavy atom. The van der Waals surface area contributed by atoms with E-state index in [0.717, 1.165) is 37.2 Å². The molecule has 2 aliphatic rings. The van der Waals surface area contributed by atoms with Crippen LogP contribution >= 0.6 is 11.8 Å². The molecule has 4 atom stereocenters. The Labute approximate surface area is 177 Å². The second-order valence-corrected chi connectivity index (χ2v) is 9.27. The third-order valence-electron chi connectivity index (χ3n) is 6.01. The number of likely N-dealkylation sites (tertiary alicyclic amines) is 1. The van der Waals surface area contributed by atoms with Gasteiger partial charge in [0.2, 0.25) is 0 Å². The molecule has 154 valence electrons. The highest BCUT2D eigenvalue weighted by Crippen LogP contribution is 2.37. The van der Waals surface area contributed by atoms with E-state index in [4.69, 9.17) is 4.74 Å². The van der Waals surface area contributed by atoms with Crippen LogP contribution in [0.2, 0.25) is 0 Å². The van der Waals surface area contributed by atoms with E-state index in [1.165, 1.54) is 5.56 Å². The molecule has 2 aromatic rings. The van der Waals surface area contributed by atoms with Crippen LogP contribution in [0.25, 0.3) is 0 Å². The highest BCUT2D eigenvalue weighted by Gasteiger charge is 2.44. The second-order valence-electron chi connectivity index (χ2n) is 7.96. The molecule has 0 amide bonds. The first kappa shape index (κ1) is 20.5. The van der Waals surface area contributed by atoms with E-state index in [1.54, 1.807) is 11.8 Å². The number of ether oxygens (including phenoxy) is 1. The van der Waals surface area contributed by atoms with Crippen molar-refractivity contribution in [2.75, 3.05) is 13.2 Å². The predicted molar refractivity (Wildman–Crippen MR) is 116 cm³/mol. The van der Waals surface area contributed by atoms with E-state index in [2.05, 4.69) is 41.3 Å². The summed E-state index contributed by atoms with van der Waals surface area (Å²) in [6.07, 6.45) is 3.10. The zero-order valence-electron chi connectivity index (χ0n) is 16.7. The fourth-order valence-electron chi connectivity index (χ4n) is 4.54. The summed E-state index contributed by atoms with van der Waals surface area (Å²) in [5.74, 6) is -0.735. The highest BCUT2D eigenvalue weighted by molar-refractivity contribution is 8.00. The molecule has 4 rings (SSSR count). The van der Waals surface area contributed by atoms with Crippen molar-refractivity contribution >= 4 is 17.7 Å². The van der Waals surface area contributed by atoms with Gasteiger partial charge in [-0.2, -0.15) is 0 Å². The summed E-state index contributed by atoms with van der Waals surface area (Å²) in [4.78, 5) is 16.4. The summed E-state index contributed by atoms with van der Waals surface area (Å²) in [6, 6.07) is 20.5. The van der Waals surface area contributed by atoms with Crippen LogP contribution in [0.4, 0.5) is 0 Å². The van der Waals surface area contributed by atoms with Gasteiger partial charge in [0.25, 0.3) is 0 Å². The molecule has 0 aliphatic carbocycles. The van der Waals surface area contributed by atoms with E-state index in [1.807, 2.05) is 24.3 Å². The Kier molecular flexibility index (Phi) is 6.90. The maximum atomic E-state index is 12.9. The molecule has 0 aromatic heterocycles. The highest BCUT2D eigenvalue weighted by atomic mass is 32.2. The number of benzene rings is 2. The lowest BCUT2D eigenvalue weighted by atomic mass is 9.84. The van der Waals surface area contributed by atoms with E-state index in [9.17, 15) is 9.90 Å². The topological polar surface area (TPSA) is 49.8 Å². The molecule has 1 N–H and O–H groups in total. The Balaban J connectivity index is 1.54. The number of thioether (sulfide) groups is 1. The first-order chi connectivity index (χ1) is 14.2. The zero-order valence-corrected chi connectivity index (χ0v) is 17.5. The van der Waals surface area contributed by atoms with Crippen LogP contribution in [-0.2, 0) is 16.1 Å². The van der Waals surface area contributed by atoms with Crippen molar-refractivity contribution in [2.45, 2.75) is 54.5 Å². The normalized spacial score (nSPS) is 28.5. The SMILES string of the molecule is O=C1OCC[C@H](Sc2ccccc2)[C@@H](O)[C@H]1[C@H]1CCCCN1Cc1ccccc1. The number of nitrogens with zero attached hydrogens (tertiary/aromatic N) is 1. The quantitative estimate of drug-likeness (QED) is 0.750. The fourth-order valence-corrected chi connectivity index (χ4v) is 5.72. The Morgan fingerprint density at radius 3 is 2.48 bits per heavy atom. The maximum absolute atomic E-state index is 12.9. The van der Waals surface area contributed by atoms with Crippen LogP contribution in [0, 0.1) is 5.92 Å². The lowest BCUT2D eigenvalue weighted by Gasteiger charge is -2.41. The smallest absolute Gasteiger partial charge is 0.313 e. The van der Waals surface area contributed by atoms with Crippen molar-refractivity contribution in [3.05, 3.63) is 66.2 Å². The number of aliphatic hydroxyl groups excluding tert-OH is 1. The predicted octanol–water partition coefficient (Wildman–Crippen LogP) is 4.13. The van der Waals surface area contributed by atoms with Gasteiger partial charge in [0.15, 0.2) is 0 Å². The number of esters is 1. The number of hydrogen-bond donors (Lipinski definition) is 1. The standard InChI is InChI=1S/C24H29NO3S/c26-23-21(29-19-11-5-2-6-12-19)14-16-28-24(27)22(23)20-13-7-8-15-25(20)17-18-9-3-1-4-10-18/h1-6,9-12,20-23,26H,7-8,13-17H2/t20-,21+,22-,23-/m1/s1. The van der Waals surface area contributed by atoms with Crippen LogP contribution in [0.5, 0.6) is 0 Å². The molecule has 29 heavy (non-hydrogen) atoms. The van der Waals surface area contributed by atoms with Crippen molar-refractivity contribution in [3.8, 4) is 0 Å². The first-order valence-corrected chi connectivity index (χ1v) is 11.4. The molecule has 2 heterocycles. The average Bonchev–Trinajstić information content (AvgIpc) is 2.88. The van der Waals surface area contributed by atoms with Crippen molar-refractivity contribution in [3.63, 3.8) is 0 Å². The zero-order chi connectivity index (χ0) is 20.1. The summed E-state index contributed by atoms with van der Waals surface area (Å²) in [6.45, 7) is 2.13. The van der Waals surface area contributed by atoms with Crippen molar-refractivity contribution in [2.24, 2.45) is 5.92 Å². The van der Waals surface area contributed by atoms with E-state index >= 15 is 0 Å². The molecule has 0 spiro atoms. The summed E-state index contributed by atoms with van der Waals surface area (Å²) in [7, 11) is 0. The molecule has 0 bridgehead atoms. The third kappa shape index (κ3) is 5.03. The van der Waals surface area contributed by atoms with E-state index < -0.39 is 12.0 Å². The van der Waals surface area contributed by atoms with Crippen molar-refractivity contribution in [1.29, 1.82) is 0 Å². The molecular formula is C24H29NO3S. The minimum atomic E-state index is -0.712. The van der Waals surface area contributed by atoms with Crippen LogP contribution in [0.1, 0.15) is 31.2 Å². The maximum Gasteiger partial charge on any atom is 0.313 e. The fraction of sp³-hybridized carbons (Fsp3) is 0.458. The van der Waals surface area contributed by atoms with E-state index in [0.29, 0.717) is 13.0 Å². The molecule has 0 unspecified atom stereocenters. The van der Waals surface area contributed by atoms with Gasteiger partial charge in [0.05, 0.1) is 18.6 Å². The first-order valence-electron chi connectivity index (χ1n) is 10.6. The molecule has 5 heteroatoms. The summed E-state index contributed by atoms with van der Waals surface area (Å²) in [5.41, 5.74) is 1.24. The lowest BCUT2D eigenvalue weighted by molar-refractivity contribution is -0.154. The number of cyclic esters (lactones) is 1. The Morgan fingerprint density at radius 2 is 1.72 bits per heavy atom. The summed E-state index contributed by atoms with van der Waals surface area (Å²) >= 11 is 1.66. The van der Waals surface area contributed by atoms with Gasteiger partial charge in [-0.3, -0.25) is 9.69 Å². The minimum Gasteiger partial charge on any atom is -0.465 e. The van der Waals surface area contributed by atoms with Crippen molar-refractivity contribution < 1.29 is 14.6 Å². The molecule has 0 saturated carbocycles. The molecule has 2 fully saturated rings. The average molecular weight is 412 g/mol. The Hall–Kier alpha value is -1.82. The van der Waals surface area contributed by atoms with Gasteiger partial charge in [0, 0.05) is 22.7 Å². The number of hydrogen-bond acceptors (Lipinski definition) is 5. The van der Waals surface area contributed by atoms with Gasteiger partial charge < -0.3 is 9.84 Å². The minimum absolute atomic E-state index is 0.0171. The van der Waals surface area contributed by atoms with Crippen LogP contribution in [0.3, 0.4) is 0 Å². The van der Waals surface area contributed by atoms with Crippen LogP contribution < -0.4 is 0 Å². The van der Waals surface area contributed by atoms with Gasteiger partial charge in [-0.15, -0.1) is 11.8 Å². The van der Waals surface area contributed by atoms with Crippen LogP contribution in [-0.4, -0.2) is 46.5 Å². The third-order valence-corrected chi connectivity index (χ3v) is 7.37. The lowest BCUT2D eigenvalue weighted by Crippen LogP contribution is -2.52. The molecule has 4 nitrogen and oxygen atoms in total. The van der Waals surface area contributed by atoms with E-state index in [-0.39, 0.29) is 17.3 Å². The number of carbonyl (C=O) groups excluding carboxylic acids is 1. The number of aliphatic hydroxyl groups is 1. The number of piperidine rings is 1. The summed E-state index contributed by atoms with van der Waals surface area (Å²) in [5, 5.41) is 11.3. The molecule has 0 radical (unpaired) electrons. The molecule has 2 aliphatic heterocycles. The Bertz CT molecular complexity index is 785. The largest absolute Gasteiger partial charge is 0.465 e. The van der Waals surface area contributed by atoms with Crippen LogP contribution in [0.15, 0.2) is 65.6 Å². The van der Waals surface area contributed by atoms with Gasteiger partial charge in [-0.1, -0.05) is 55.0 Å². The van der Waals surface area contributed by atoms with Gasteiger partial charge in [0.1, 0.15) is 0 Å². The molecule has 2 aromatic carbocycles.